The van der Waals surface area contributed by atoms with E-state index in [0.717, 1.165) is 10.7 Å². The third kappa shape index (κ3) is 2.38. The van der Waals surface area contributed by atoms with Crippen molar-refractivity contribution < 1.29 is 4.79 Å². The van der Waals surface area contributed by atoms with Gasteiger partial charge in [0.25, 0.3) is 0 Å². The summed E-state index contributed by atoms with van der Waals surface area (Å²) >= 11 is 2.81. The maximum Gasteiger partial charge on any atom is 0.326 e. The first-order valence-corrected chi connectivity index (χ1v) is 7.37. The minimum absolute atomic E-state index is 0.444. The highest BCUT2D eigenvalue weighted by molar-refractivity contribution is 7.15. The van der Waals surface area contributed by atoms with Crippen molar-refractivity contribution >= 4 is 39.7 Å². The Balaban J connectivity index is 1.99. The van der Waals surface area contributed by atoms with Gasteiger partial charge in [0, 0.05) is 23.2 Å². The molecule has 0 saturated carbocycles. The SMILES string of the molecule is NC(=O)N(c1ccccn1)c1nc(-c2nccs2)cs1. The fourth-order valence-corrected chi connectivity index (χ4v) is 3.10. The number of nitrogens with two attached hydrogens (primary N) is 1. The zero-order chi connectivity index (χ0) is 13.9. The highest BCUT2D eigenvalue weighted by Crippen LogP contribution is 2.31. The minimum atomic E-state index is -0.622. The lowest BCUT2D eigenvalue weighted by atomic mass is 10.4. The first kappa shape index (κ1) is 12.7. The van der Waals surface area contributed by atoms with Gasteiger partial charge in [0.1, 0.15) is 16.5 Å². The van der Waals surface area contributed by atoms with Crippen LogP contribution in [0.1, 0.15) is 0 Å². The lowest BCUT2D eigenvalue weighted by Gasteiger charge is -2.15. The van der Waals surface area contributed by atoms with Crippen LogP contribution in [0.5, 0.6) is 0 Å². The summed E-state index contributed by atoms with van der Waals surface area (Å²) < 4.78 is 0. The van der Waals surface area contributed by atoms with Crippen molar-refractivity contribution in [3.05, 3.63) is 41.4 Å². The molecule has 0 atom stereocenters. The van der Waals surface area contributed by atoms with Gasteiger partial charge in [-0.1, -0.05) is 6.07 Å². The molecule has 3 heterocycles. The summed E-state index contributed by atoms with van der Waals surface area (Å²) in [6.07, 6.45) is 3.31. The van der Waals surface area contributed by atoms with E-state index in [-0.39, 0.29) is 0 Å². The highest BCUT2D eigenvalue weighted by Gasteiger charge is 2.20. The quantitative estimate of drug-likeness (QED) is 0.806. The van der Waals surface area contributed by atoms with Crippen molar-refractivity contribution in [1.29, 1.82) is 0 Å². The highest BCUT2D eigenvalue weighted by atomic mass is 32.1. The number of amides is 2. The Labute approximate surface area is 122 Å². The smallest absolute Gasteiger partial charge is 0.326 e. The first-order chi connectivity index (χ1) is 9.75. The average Bonchev–Trinajstić information content (AvgIpc) is 3.10. The zero-order valence-electron chi connectivity index (χ0n) is 10.1. The van der Waals surface area contributed by atoms with E-state index in [9.17, 15) is 4.79 Å². The largest absolute Gasteiger partial charge is 0.351 e. The maximum absolute atomic E-state index is 11.7. The van der Waals surface area contributed by atoms with Crippen LogP contribution in [0.2, 0.25) is 0 Å². The first-order valence-electron chi connectivity index (χ1n) is 5.61. The molecule has 0 bridgehead atoms. The lowest BCUT2D eigenvalue weighted by Crippen LogP contribution is -2.31. The summed E-state index contributed by atoms with van der Waals surface area (Å²) in [7, 11) is 0. The van der Waals surface area contributed by atoms with Crippen LogP contribution in [0, 0.1) is 0 Å². The summed E-state index contributed by atoms with van der Waals surface area (Å²) in [6.45, 7) is 0. The van der Waals surface area contributed by atoms with E-state index in [1.165, 1.54) is 27.6 Å². The lowest BCUT2D eigenvalue weighted by molar-refractivity contribution is 0.256. The molecule has 0 unspecified atom stereocenters. The van der Waals surface area contributed by atoms with Crippen molar-refractivity contribution in [2.75, 3.05) is 4.90 Å². The molecular formula is C12H9N5OS2. The van der Waals surface area contributed by atoms with E-state index in [1.54, 1.807) is 30.6 Å². The number of urea groups is 1. The fourth-order valence-electron chi connectivity index (χ4n) is 1.61. The minimum Gasteiger partial charge on any atom is -0.351 e. The number of thiazole rings is 2. The number of rotatable bonds is 3. The molecule has 8 heteroatoms. The van der Waals surface area contributed by atoms with Crippen LogP contribution in [-0.2, 0) is 0 Å². The van der Waals surface area contributed by atoms with Gasteiger partial charge >= 0.3 is 6.03 Å². The van der Waals surface area contributed by atoms with Crippen LogP contribution in [-0.4, -0.2) is 21.0 Å². The second-order valence-corrected chi connectivity index (χ2v) is 5.45. The molecule has 6 nitrogen and oxygen atoms in total. The fraction of sp³-hybridized carbons (Fsp3) is 0. The molecule has 0 saturated heterocycles. The molecule has 2 amide bonds. The number of pyridine rings is 1. The van der Waals surface area contributed by atoms with Crippen LogP contribution in [0.25, 0.3) is 10.7 Å². The number of carbonyl (C=O) groups excluding carboxylic acids is 1. The number of hydrogen-bond donors (Lipinski definition) is 1. The molecule has 0 aliphatic heterocycles. The summed E-state index contributed by atoms with van der Waals surface area (Å²) in [5.74, 6) is 0.444. The molecule has 0 fully saturated rings. The van der Waals surface area contributed by atoms with Gasteiger partial charge in [0.15, 0.2) is 5.13 Å². The number of hydrogen-bond acceptors (Lipinski definition) is 6. The molecule has 0 radical (unpaired) electrons. The molecule has 20 heavy (non-hydrogen) atoms. The summed E-state index contributed by atoms with van der Waals surface area (Å²) in [5.41, 5.74) is 6.15. The number of carbonyl (C=O) groups is 1. The number of primary amides is 1. The van der Waals surface area contributed by atoms with Crippen molar-refractivity contribution in [2.24, 2.45) is 5.73 Å². The van der Waals surface area contributed by atoms with Crippen molar-refractivity contribution in [3.8, 4) is 10.7 Å². The van der Waals surface area contributed by atoms with E-state index >= 15 is 0 Å². The molecule has 3 aromatic heterocycles. The summed E-state index contributed by atoms with van der Waals surface area (Å²) in [6, 6.07) is 4.64. The standard InChI is InChI=1S/C12H9N5OS2/c13-11(18)17(9-3-1-2-4-14-9)12-16-8(7-20-12)10-15-5-6-19-10/h1-7H,(H2,13,18). The van der Waals surface area contributed by atoms with E-state index in [4.69, 9.17) is 5.73 Å². The predicted octanol–water partition coefficient (Wildman–Crippen LogP) is 2.88. The molecule has 2 N–H and O–H groups in total. The summed E-state index contributed by atoms with van der Waals surface area (Å²) in [4.78, 5) is 25.7. The molecular weight excluding hydrogens is 294 g/mol. The van der Waals surface area contributed by atoms with Gasteiger partial charge < -0.3 is 5.73 Å². The van der Waals surface area contributed by atoms with Crippen LogP contribution in [0.4, 0.5) is 15.7 Å². The molecule has 0 aromatic carbocycles. The second kappa shape index (κ2) is 5.35. The van der Waals surface area contributed by atoms with Crippen molar-refractivity contribution in [2.45, 2.75) is 0 Å². The number of aromatic nitrogens is 3. The molecule has 100 valence electrons. The molecule has 0 aliphatic rings. The Bertz CT molecular complexity index is 711. The second-order valence-electron chi connectivity index (χ2n) is 3.71. The third-order valence-corrected chi connectivity index (χ3v) is 4.05. The Morgan fingerprint density at radius 2 is 2.10 bits per heavy atom. The van der Waals surface area contributed by atoms with E-state index < -0.39 is 6.03 Å². The van der Waals surface area contributed by atoms with Crippen LogP contribution < -0.4 is 10.6 Å². The van der Waals surface area contributed by atoms with E-state index in [1.807, 2.05) is 10.8 Å². The van der Waals surface area contributed by atoms with E-state index in [2.05, 4.69) is 15.0 Å². The average molecular weight is 303 g/mol. The maximum atomic E-state index is 11.7. The molecule has 0 aliphatic carbocycles. The van der Waals surface area contributed by atoms with Gasteiger partial charge in [0.2, 0.25) is 0 Å². The third-order valence-electron chi connectivity index (χ3n) is 2.43. The summed E-state index contributed by atoms with van der Waals surface area (Å²) in [5, 5.41) is 4.99. The van der Waals surface area contributed by atoms with Crippen molar-refractivity contribution in [3.63, 3.8) is 0 Å². The van der Waals surface area contributed by atoms with Gasteiger partial charge in [-0.15, -0.1) is 22.7 Å². The van der Waals surface area contributed by atoms with Gasteiger partial charge in [0.05, 0.1) is 0 Å². The molecule has 3 aromatic rings. The Hall–Kier alpha value is -2.32. The van der Waals surface area contributed by atoms with Gasteiger partial charge in [-0.05, 0) is 12.1 Å². The zero-order valence-corrected chi connectivity index (χ0v) is 11.8. The van der Waals surface area contributed by atoms with Gasteiger partial charge in [-0.2, -0.15) is 0 Å². The van der Waals surface area contributed by atoms with Crippen LogP contribution in [0.3, 0.4) is 0 Å². The monoisotopic (exact) mass is 303 g/mol. The van der Waals surface area contributed by atoms with Crippen LogP contribution in [0.15, 0.2) is 41.4 Å². The number of anilines is 2. The normalized spacial score (nSPS) is 10.4. The van der Waals surface area contributed by atoms with E-state index in [0.29, 0.717) is 10.9 Å². The topological polar surface area (TPSA) is 85.0 Å². The van der Waals surface area contributed by atoms with Gasteiger partial charge in [-0.25, -0.2) is 24.6 Å². The van der Waals surface area contributed by atoms with Gasteiger partial charge in [-0.3, -0.25) is 0 Å². The Kier molecular flexibility index (Phi) is 3.40. The molecule has 3 rings (SSSR count). The van der Waals surface area contributed by atoms with Crippen molar-refractivity contribution in [1.82, 2.24) is 15.0 Å². The number of nitrogens with zero attached hydrogens (tertiary/aromatic N) is 4. The predicted molar refractivity (Wildman–Crippen MR) is 79.2 cm³/mol. The van der Waals surface area contributed by atoms with Crippen LogP contribution >= 0.6 is 22.7 Å². The molecule has 0 spiro atoms. The Morgan fingerprint density at radius 1 is 1.20 bits per heavy atom. The Morgan fingerprint density at radius 3 is 2.75 bits per heavy atom.